The van der Waals surface area contributed by atoms with Gasteiger partial charge in [0.25, 0.3) is 0 Å². The molecule has 4 fully saturated rings. The lowest BCUT2D eigenvalue weighted by Crippen LogP contribution is -3.00. The van der Waals surface area contributed by atoms with Crippen LogP contribution in [0.5, 0.6) is 11.5 Å². The van der Waals surface area contributed by atoms with E-state index in [1.54, 1.807) is 0 Å². The smallest absolute Gasteiger partial charge is 0.331 e. The van der Waals surface area contributed by atoms with Crippen LogP contribution in [0.1, 0.15) is 89.2 Å². The zero-order valence-electron chi connectivity index (χ0n) is 30.6. The Morgan fingerprint density at radius 3 is 1.17 bits per heavy atom. The molecule has 4 atom stereocenters. The number of quaternary nitrogens is 2. The van der Waals surface area contributed by atoms with Gasteiger partial charge in [-0.1, -0.05) is 0 Å². The molecule has 284 valence electrons. The van der Waals surface area contributed by atoms with Crippen LogP contribution in [0.2, 0.25) is 0 Å². The van der Waals surface area contributed by atoms with Crippen LogP contribution in [0, 0.1) is 0 Å². The highest BCUT2D eigenvalue weighted by molar-refractivity contribution is 5.91. The molecule has 2 aromatic rings. The minimum atomic E-state index is -0.494. The Morgan fingerprint density at radius 2 is 0.885 bits per heavy atom. The first-order valence-corrected chi connectivity index (χ1v) is 18.2. The number of piperidine rings is 4. The molecule has 6 rings (SSSR count). The molecule has 4 saturated heterocycles. The number of rotatable bonds is 10. The van der Waals surface area contributed by atoms with E-state index in [-0.39, 0.29) is 58.1 Å². The molecule has 0 amide bonds. The molecule has 0 aromatic heterocycles. The average Bonchev–Trinajstić information content (AvgIpc) is 3.02. The second kappa shape index (κ2) is 17.8. The first-order valence-electron chi connectivity index (χ1n) is 18.2. The van der Waals surface area contributed by atoms with E-state index < -0.39 is 11.9 Å². The number of nitrogens with zero attached hydrogens (tertiary/aromatic N) is 2. The zero-order valence-corrected chi connectivity index (χ0v) is 33.8. The highest BCUT2D eigenvalue weighted by Crippen LogP contribution is 2.43. The molecule has 2 aromatic carbocycles. The van der Waals surface area contributed by atoms with E-state index in [1.165, 1.54) is 50.0 Å². The van der Waals surface area contributed by atoms with Gasteiger partial charge in [0.1, 0.15) is 36.8 Å². The first-order chi connectivity index (χ1) is 23.9. The SMILES string of the molecule is CC(=O)Oc1ccc(C[N+]2(C)C3CCCC2CC(OC(=O)/C=C/C(=O)OC2CC4CCCC(C2)[N+]4(C)Cc2ccc(OC(C)=O)cc2)C3)cc1.[Br-].[Br-]. The quantitative estimate of drug-likeness (QED) is 0.142. The molecule has 4 bridgehead atoms. The fraction of sp³-hybridized carbons (Fsp3) is 0.550. The van der Waals surface area contributed by atoms with E-state index in [4.69, 9.17) is 18.9 Å². The molecule has 0 N–H and O–H groups in total. The van der Waals surface area contributed by atoms with Crippen molar-refractivity contribution in [1.29, 1.82) is 0 Å². The fourth-order valence-corrected chi connectivity index (χ4v) is 9.49. The van der Waals surface area contributed by atoms with Gasteiger partial charge in [-0.15, -0.1) is 0 Å². The lowest BCUT2D eigenvalue weighted by Gasteiger charge is -2.55. The Kier molecular flexibility index (Phi) is 14.3. The Hall–Kier alpha value is -3.06. The highest BCUT2D eigenvalue weighted by atomic mass is 79.9. The first kappa shape index (κ1) is 41.7. The highest BCUT2D eigenvalue weighted by Gasteiger charge is 2.51. The summed E-state index contributed by atoms with van der Waals surface area (Å²) in [6, 6.07) is 17.0. The molecule has 0 aliphatic carbocycles. The predicted octanol–water partition coefficient (Wildman–Crippen LogP) is -0.0518. The summed E-state index contributed by atoms with van der Waals surface area (Å²) < 4.78 is 24.0. The molecular formula is C40H52Br2N2O8. The summed E-state index contributed by atoms with van der Waals surface area (Å²) in [6.07, 6.45) is 11.9. The summed E-state index contributed by atoms with van der Waals surface area (Å²) in [5.41, 5.74) is 2.38. The lowest BCUT2D eigenvalue weighted by atomic mass is 9.80. The van der Waals surface area contributed by atoms with Crippen LogP contribution in [0.4, 0.5) is 0 Å². The third-order valence-electron chi connectivity index (χ3n) is 12.0. The molecule has 0 spiro atoms. The fourth-order valence-electron chi connectivity index (χ4n) is 9.49. The van der Waals surface area contributed by atoms with Crippen molar-refractivity contribution in [3.8, 4) is 11.5 Å². The van der Waals surface area contributed by atoms with Crippen molar-refractivity contribution in [2.45, 2.75) is 128 Å². The molecule has 4 aliphatic rings. The lowest BCUT2D eigenvalue weighted by molar-refractivity contribution is -0.979. The molecule has 12 heteroatoms. The van der Waals surface area contributed by atoms with Gasteiger partial charge in [-0.3, -0.25) is 9.59 Å². The number of fused-ring (bicyclic) bond motifs is 4. The summed E-state index contributed by atoms with van der Waals surface area (Å²) in [6.45, 7) is 4.54. The Labute approximate surface area is 328 Å². The molecule has 4 aliphatic heterocycles. The number of benzene rings is 2. The van der Waals surface area contributed by atoms with Gasteiger partial charge in [-0.25, -0.2) is 9.59 Å². The second-order valence-corrected chi connectivity index (χ2v) is 15.4. The van der Waals surface area contributed by atoms with Crippen molar-refractivity contribution in [3.63, 3.8) is 0 Å². The molecule has 10 nitrogen and oxygen atoms in total. The van der Waals surface area contributed by atoms with Gasteiger partial charge in [0.15, 0.2) is 0 Å². The van der Waals surface area contributed by atoms with Crippen molar-refractivity contribution >= 4 is 23.9 Å². The Morgan fingerprint density at radius 1 is 0.577 bits per heavy atom. The van der Waals surface area contributed by atoms with Gasteiger partial charge >= 0.3 is 23.9 Å². The van der Waals surface area contributed by atoms with Gasteiger partial charge in [-0.2, -0.15) is 0 Å². The number of carbonyl (C=O) groups excluding carboxylic acids is 4. The minimum Gasteiger partial charge on any atom is -1.00 e. The maximum absolute atomic E-state index is 12.9. The number of ether oxygens (including phenoxy) is 4. The van der Waals surface area contributed by atoms with Gasteiger partial charge < -0.3 is 61.9 Å². The second-order valence-electron chi connectivity index (χ2n) is 15.4. The van der Waals surface area contributed by atoms with Crippen LogP contribution in [-0.2, 0) is 41.7 Å². The van der Waals surface area contributed by atoms with E-state index in [2.05, 4.69) is 14.1 Å². The van der Waals surface area contributed by atoms with E-state index in [9.17, 15) is 19.2 Å². The van der Waals surface area contributed by atoms with Crippen molar-refractivity contribution in [2.24, 2.45) is 0 Å². The third kappa shape index (κ3) is 9.92. The average molecular weight is 849 g/mol. The van der Waals surface area contributed by atoms with Crippen molar-refractivity contribution < 1.29 is 81.1 Å². The standard InChI is InChI=1S/C40H52N2O8.2BrH/c1-27(43)47-35-15-11-29(12-16-35)25-41(3)31-7-5-8-32(41)22-37(21-31)49-39(45)19-20-40(46)50-38-23-33-9-6-10-34(24-38)42(33,4)26-30-13-17-36(18-14-30)48-28(2)44;;/h11-20,31-34,37-38H,5-10,21-26H2,1-4H3;2*1H/q+2;;/p-2/b20-19+;;. The molecular weight excluding hydrogens is 796 g/mol. The summed E-state index contributed by atoms with van der Waals surface area (Å²) in [5, 5.41) is 0. The van der Waals surface area contributed by atoms with E-state index >= 15 is 0 Å². The van der Waals surface area contributed by atoms with E-state index in [0.29, 0.717) is 35.7 Å². The van der Waals surface area contributed by atoms with Crippen molar-refractivity contribution in [3.05, 3.63) is 71.8 Å². The van der Waals surface area contributed by atoms with E-state index in [1.807, 2.05) is 48.5 Å². The number of esters is 4. The summed E-state index contributed by atoms with van der Waals surface area (Å²) >= 11 is 0. The summed E-state index contributed by atoms with van der Waals surface area (Å²) in [4.78, 5) is 48.4. The van der Waals surface area contributed by atoms with Crippen LogP contribution in [0.25, 0.3) is 0 Å². The molecule has 0 radical (unpaired) electrons. The third-order valence-corrected chi connectivity index (χ3v) is 12.0. The topological polar surface area (TPSA) is 105 Å². The van der Waals surface area contributed by atoms with Gasteiger partial charge in [0, 0.05) is 62.8 Å². The number of halogens is 2. The molecule has 52 heavy (non-hydrogen) atoms. The normalized spacial score (nSPS) is 30.5. The van der Waals surface area contributed by atoms with Crippen LogP contribution in [0.15, 0.2) is 60.7 Å². The van der Waals surface area contributed by atoms with Crippen molar-refractivity contribution in [2.75, 3.05) is 14.1 Å². The van der Waals surface area contributed by atoms with Crippen LogP contribution >= 0.6 is 0 Å². The maximum Gasteiger partial charge on any atom is 0.331 e. The van der Waals surface area contributed by atoms with Gasteiger partial charge in [0.05, 0.1) is 38.3 Å². The largest absolute Gasteiger partial charge is 1.00 e. The zero-order chi connectivity index (χ0) is 35.5. The molecule has 4 unspecified atom stereocenters. The van der Waals surface area contributed by atoms with Gasteiger partial charge in [-0.05, 0) is 87.1 Å². The van der Waals surface area contributed by atoms with Crippen LogP contribution < -0.4 is 43.4 Å². The minimum absolute atomic E-state index is 0. The van der Waals surface area contributed by atoms with Crippen LogP contribution in [-0.4, -0.2) is 83.3 Å². The van der Waals surface area contributed by atoms with Crippen molar-refractivity contribution in [1.82, 2.24) is 0 Å². The monoisotopic (exact) mass is 846 g/mol. The predicted molar refractivity (Wildman–Crippen MR) is 186 cm³/mol. The Bertz CT molecular complexity index is 1450. The molecule has 0 saturated carbocycles. The summed E-state index contributed by atoms with van der Waals surface area (Å²) in [5.74, 6) is -0.550. The maximum atomic E-state index is 12.9. The van der Waals surface area contributed by atoms with Crippen LogP contribution in [0.3, 0.4) is 0 Å². The molecule has 4 heterocycles. The Balaban J connectivity index is 0.00000302. The number of hydrogen-bond donors (Lipinski definition) is 0. The van der Waals surface area contributed by atoms with Gasteiger partial charge in [0.2, 0.25) is 0 Å². The summed E-state index contributed by atoms with van der Waals surface area (Å²) in [7, 11) is 4.63. The number of carbonyl (C=O) groups is 4. The van der Waals surface area contributed by atoms with E-state index in [0.717, 1.165) is 73.4 Å². The number of hydrogen-bond acceptors (Lipinski definition) is 8.